The van der Waals surface area contributed by atoms with E-state index in [0.29, 0.717) is 18.3 Å². The summed E-state index contributed by atoms with van der Waals surface area (Å²) in [5.41, 5.74) is -0.837. The Balaban J connectivity index is 1.56. The van der Waals surface area contributed by atoms with Crippen LogP contribution in [0.5, 0.6) is 0 Å². The minimum atomic E-state index is -4.39. The number of rotatable bonds is 3. The molecule has 120 valence electrons. The second-order valence-electron chi connectivity index (χ2n) is 5.42. The summed E-state index contributed by atoms with van der Waals surface area (Å²) in [5, 5.41) is 7.39. The van der Waals surface area contributed by atoms with Crippen molar-refractivity contribution in [2.75, 3.05) is 13.1 Å². The molecule has 0 bridgehead atoms. The first-order chi connectivity index (χ1) is 10.4. The van der Waals surface area contributed by atoms with Gasteiger partial charge in [-0.1, -0.05) is 5.16 Å². The standard InChI is InChI=1S/C13H16F3N5O/c1-9-17-12(22-19-9)8-20-5-2-10(3-6-20)21-7-4-11(18-21)13(14,15)16/h4,7,10H,2-3,5-6,8H2,1H3. The highest BCUT2D eigenvalue weighted by Gasteiger charge is 2.34. The molecular weight excluding hydrogens is 299 g/mol. The van der Waals surface area contributed by atoms with Crippen molar-refractivity contribution in [1.29, 1.82) is 0 Å². The van der Waals surface area contributed by atoms with Crippen molar-refractivity contribution in [3.05, 3.63) is 29.7 Å². The number of nitrogens with zero attached hydrogens (tertiary/aromatic N) is 5. The fraction of sp³-hybridized carbons (Fsp3) is 0.615. The van der Waals surface area contributed by atoms with Crippen molar-refractivity contribution >= 4 is 0 Å². The molecule has 0 atom stereocenters. The SMILES string of the molecule is Cc1noc(CN2CCC(n3ccc(C(F)(F)F)n3)CC2)n1. The molecule has 0 spiro atoms. The lowest BCUT2D eigenvalue weighted by atomic mass is 10.1. The highest BCUT2D eigenvalue weighted by atomic mass is 19.4. The van der Waals surface area contributed by atoms with E-state index in [1.54, 1.807) is 6.92 Å². The molecule has 22 heavy (non-hydrogen) atoms. The Morgan fingerprint density at radius 2 is 2.05 bits per heavy atom. The number of halogens is 3. The van der Waals surface area contributed by atoms with Crippen LogP contribution in [0, 0.1) is 6.92 Å². The Morgan fingerprint density at radius 1 is 1.32 bits per heavy atom. The van der Waals surface area contributed by atoms with E-state index in [9.17, 15) is 13.2 Å². The molecule has 3 heterocycles. The first-order valence-electron chi connectivity index (χ1n) is 7.06. The van der Waals surface area contributed by atoms with Crippen molar-refractivity contribution in [1.82, 2.24) is 24.8 Å². The molecule has 0 radical (unpaired) electrons. The molecule has 2 aromatic heterocycles. The number of aromatic nitrogens is 4. The number of aryl methyl sites for hydroxylation is 1. The van der Waals surface area contributed by atoms with Gasteiger partial charge in [0.1, 0.15) is 0 Å². The lowest BCUT2D eigenvalue weighted by molar-refractivity contribution is -0.141. The molecule has 0 unspecified atom stereocenters. The van der Waals surface area contributed by atoms with Crippen molar-refractivity contribution in [3.8, 4) is 0 Å². The lowest BCUT2D eigenvalue weighted by Crippen LogP contribution is -2.34. The van der Waals surface area contributed by atoms with E-state index in [-0.39, 0.29) is 6.04 Å². The summed E-state index contributed by atoms with van der Waals surface area (Å²) < 4.78 is 44.2. The minimum Gasteiger partial charge on any atom is -0.338 e. The van der Waals surface area contributed by atoms with Gasteiger partial charge in [-0.25, -0.2) is 0 Å². The summed E-state index contributed by atoms with van der Waals surface area (Å²) in [4.78, 5) is 6.30. The van der Waals surface area contributed by atoms with Crippen LogP contribution in [0.1, 0.15) is 36.3 Å². The monoisotopic (exact) mass is 315 g/mol. The van der Waals surface area contributed by atoms with E-state index in [1.165, 1.54) is 10.9 Å². The molecule has 9 heteroatoms. The molecule has 6 nitrogen and oxygen atoms in total. The van der Waals surface area contributed by atoms with Gasteiger partial charge in [-0.05, 0) is 25.8 Å². The summed E-state index contributed by atoms with van der Waals surface area (Å²) in [6, 6.07) is 1.02. The average Bonchev–Trinajstić information content (AvgIpc) is 3.08. The first-order valence-corrected chi connectivity index (χ1v) is 7.06. The van der Waals surface area contributed by atoms with Crippen LogP contribution >= 0.6 is 0 Å². The van der Waals surface area contributed by atoms with Crippen LogP contribution in [0.15, 0.2) is 16.8 Å². The van der Waals surface area contributed by atoms with Gasteiger partial charge >= 0.3 is 6.18 Å². The van der Waals surface area contributed by atoms with E-state index >= 15 is 0 Å². The van der Waals surface area contributed by atoms with Crippen LogP contribution in [0.4, 0.5) is 13.2 Å². The quantitative estimate of drug-likeness (QED) is 0.870. The maximum atomic E-state index is 12.6. The van der Waals surface area contributed by atoms with Gasteiger partial charge in [-0.2, -0.15) is 23.3 Å². The molecule has 0 saturated carbocycles. The third kappa shape index (κ3) is 3.29. The van der Waals surface area contributed by atoms with Crippen LogP contribution in [0.25, 0.3) is 0 Å². The predicted octanol–water partition coefficient (Wildman–Crippen LogP) is 2.43. The Morgan fingerprint density at radius 3 is 2.59 bits per heavy atom. The van der Waals surface area contributed by atoms with Gasteiger partial charge in [0.15, 0.2) is 11.5 Å². The van der Waals surface area contributed by atoms with Gasteiger partial charge in [-0.3, -0.25) is 9.58 Å². The summed E-state index contributed by atoms with van der Waals surface area (Å²) in [6.45, 7) is 3.84. The highest BCUT2D eigenvalue weighted by Crippen LogP contribution is 2.29. The van der Waals surface area contributed by atoms with E-state index in [0.717, 1.165) is 32.0 Å². The number of piperidine rings is 1. The van der Waals surface area contributed by atoms with Crippen LogP contribution in [-0.2, 0) is 12.7 Å². The van der Waals surface area contributed by atoms with Crippen molar-refractivity contribution < 1.29 is 17.7 Å². The molecular formula is C13H16F3N5O. The zero-order valence-electron chi connectivity index (χ0n) is 12.0. The van der Waals surface area contributed by atoms with Crippen LogP contribution in [0.2, 0.25) is 0 Å². The molecule has 2 aromatic rings. The van der Waals surface area contributed by atoms with E-state index in [1.807, 2.05) is 0 Å². The first kappa shape index (κ1) is 15.0. The van der Waals surface area contributed by atoms with Crippen molar-refractivity contribution in [2.24, 2.45) is 0 Å². The van der Waals surface area contributed by atoms with Crippen LogP contribution in [-0.4, -0.2) is 37.9 Å². The van der Waals surface area contributed by atoms with Gasteiger partial charge in [0.2, 0.25) is 5.89 Å². The van der Waals surface area contributed by atoms with Gasteiger partial charge in [0.25, 0.3) is 0 Å². The Kier molecular flexibility index (Phi) is 3.90. The number of hydrogen-bond donors (Lipinski definition) is 0. The van der Waals surface area contributed by atoms with Crippen molar-refractivity contribution in [2.45, 2.75) is 38.5 Å². The van der Waals surface area contributed by atoms with Gasteiger partial charge < -0.3 is 4.52 Å². The lowest BCUT2D eigenvalue weighted by Gasteiger charge is -2.31. The topological polar surface area (TPSA) is 60.0 Å². The maximum Gasteiger partial charge on any atom is 0.435 e. The minimum absolute atomic E-state index is 0.00299. The third-order valence-corrected chi connectivity index (χ3v) is 3.76. The van der Waals surface area contributed by atoms with Gasteiger partial charge in [0.05, 0.1) is 12.6 Å². The summed E-state index contributed by atoms with van der Waals surface area (Å²) in [5.74, 6) is 1.16. The summed E-state index contributed by atoms with van der Waals surface area (Å²) in [7, 11) is 0. The van der Waals surface area contributed by atoms with Gasteiger partial charge in [0, 0.05) is 19.3 Å². The molecule has 0 N–H and O–H groups in total. The smallest absolute Gasteiger partial charge is 0.338 e. The number of likely N-dealkylation sites (tertiary alicyclic amines) is 1. The molecule has 1 aliphatic heterocycles. The Labute approximate surface area is 124 Å². The Hall–Kier alpha value is -1.90. The number of hydrogen-bond acceptors (Lipinski definition) is 5. The normalized spacial score (nSPS) is 18.0. The average molecular weight is 315 g/mol. The largest absolute Gasteiger partial charge is 0.435 e. The van der Waals surface area contributed by atoms with Gasteiger partial charge in [-0.15, -0.1) is 0 Å². The summed E-state index contributed by atoms with van der Waals surface area (Å²) in [6.07, 6.45) is -1.50. The maximum absolute atomic E-state index is 12.6. The highest BCUT2D eigenvalue weighted by molar-refractivity contribution is 5.04. The molecule has 1 saturated heterocycles. The number of alkyl halides is 3. The fourth-order valence-electron chi connectivity index (χ4n) is 2.63. The van der Waals surface area contributed by atoms with Crippen molar-refractivity contribution in [3.63, 3.8) is 0 Å². The zero-order chi connectivity index (χ0) is 15.7. The molecule has 1 aliphatic rings. The van der Waals surface area contributed by atoms with E-state index in [4.69, 9.17) is 4.52 Å². The van der Waals surface area contributed by atoms with Crippen LogP contribution in [0.3, 0.4) is 0 Å². The molecule has 0 amide bonds. The Bertz CT molecular complexity index is 628. The van der Waals surface area contributed by atoms with E-state index < -0.39 is 11.9 Å². The molecule has 1 fully saturated rings. The molecule has 0 aromatic carbocycles. The second kappa shape index (κ2) is 5.71. The molecule has 3 rings (SSSR count). The summed E-state index contributed by atoms with van der Waals surface area (Å²) >= 11 is 0. The third-order valence-electron chi connectivity index (χ3n) is 3.76. The zero-order valence-corrected chi connectivity index (χ0v) is 12.0. The fourth-order valence-corrected chi connectivity index (χ4v) is 2.63. The van der Waals surface area contributed by atoms with Crippen LogP contribution < -0.4 is 0 Å². The second-order valence-corrected chi connectivity index (χ2v) is 5.42. The van der Waals surface area contributed by atoms with E-state index in [2.05, 4.69) is 20.1 Å². The molecule has 0 aliphatic carbocycles. The predicted molar refractivity (Wildman–Crippen MR) is 69.8 cm³/mol.